The maximum absolute atomic E-state index is 9.31. The van der Waals surface area contributed by atoms with E-state index >= 15 is 0 Å². The highest BCUT2D eigenvalue weighted by Gasteiger charge is 2.05. The van der Waals surface area contributed by atoms with Crippen LogP contribution in [0, 0.1) is 0 Å². The molecule has 0 radical (unpaired) electrons. The summed E-state index contributed by atoms with van der Waals surface area (Å²) in [5.74, 6) is 0. The molecule has 0 aromatic rings. The van der Waals surface area contributed by atoms with Gasteiger partial charge in [-0.15, -0.1) is 0 Å². The van der Waals surface area contributed by atoms with E-state index in [-0.39, 0.29) is 13.2 Å². The van der Waals surface area contributed by atoms with Gasteiger partial charge in [0.25, 0.3) is 0 Å². The lowest BCUT2D eigenvalue weighted by Gasteiger charge is -2.11. The van der Waals surface area contributed by atoms with Gasteiger partial charge in [0.2, 0.25) is 0 Å². The van der Waals surface area contributed by atoms with E-state index in [0.717, 1.165) is 0 Å². The summed E-state index contributed by atoms with van der Waals surface area (Å²) in [7, 11) is 1.36. The molecule has 0 aliphatic rings. The van der Waals surface area contributed by atoms with E-state index in [1.807, 2.05) is 0 Å². The van der Waals surface area contributed by atoms with Crippen molar-refractivity contribution in [2.75, 3.05) is 67.1 Å². The Balaban J connectivity index is 3.10. The van der Waals surface area contributed by atoms with Crippen molar-refractivity contribution < 1.29 is 32.9 Å². The number of hydrogen-bond donors (Lipinski definition) is 1. The first kappa shape index (κ1) is 18.1. The third-order valence-corrected chi connectivity index (χ3v) is 2.53. The maximum atomic E-state index is 9.31. The summed E-state index contributed by atoms with van der Waals surface area (Å²) in [5.41, 5.74) is 0. The van der Waals surface area contributed by atoms with Crippen LogP contribution >= 0.6 is 8.60 Å². The van der Waals surface area contributed by atoms with Crippen LogP contribution in [0.3, 0.4) is 0 Å². The Morgan fingerprint density at radius 1 is 0.667 bits per heavy atom. The maximum Gasteiger partial charge on any atom is 0.330 e. The molecular weight excluding hydrogens is 263 g/mol. The molecule has 7 nitrogen and oxygen atoms in total. The van der Waals surface area contributed by atoms with Crippen LogP contribution in [0.25, 0.3) is 0 Å². The van der Waals surface area contributed by atoms with Crippen molar-refractivity contribution in [3.63, 3.8) is 0 Å². The van der Waals surface area contributed by atoms with Crippen LogP contribution in [0.2, 0.25) is 0 Å². The summed E-state index contributed by atoms with van der Waals surface area (Å²) in [6.45, 7) is 3.49. The molecule has 0 aliphatic heterocycles. The van der Waals surface area contributed by atoms with Gasteiger partial charge in [-0.1, -0.05) is 0 Å². The number of rotatable bonds is 14. The van der Waals surface area contributed by atoms with Crippen molar-refractivity contribution in [1.29, 1.82) is 0 Å². The average molecular weight is 286 g/mol. The van der Waals surface area contributed by atoms with Gasteiger partial charge in [0.15, 0.2) is 0 Å². The number of methoxy groups -OCH3 is 2. The molecule has 0 atom stereocenters. The lowest BCUT2D eigenvalue weighted by Crippen LogP contribution is -2.09. The molecule has 0 rings (SSSR count). The molecular formula is C10H23O7P. The predicted octanol–water partition coefficient (Wildman–Crippen LogP) is 0.565. The zero-order valence-electron chi connectivity index (χ0n) is 11.0. The minimum Gasteiger partial charge on any atom is -0.382 e. The zero-order chi connectivity index (χ0) is 13.5. The van der Waals surface area contributed by atoms with E-state index in [4.69, 9.17) is 28.0 Å². The average Bonchev–Trinajstić information content (AvgIpc) is 2.38. The normalized spacial score (nSPS) is 11.3. The first-order chi connectivity index (χ1) is 8.81. The first-order valence-corrected chi connectivity index (χ1v) is 6.82. The first-order valence-electron chi connectivity index (χ1n) is 5.69. The topological polar surface area (TPSA) is 75.6 Å². The van der Waals surface area contributed by atoms with Gasteiger partial charge in [-0.05, 0) is 0 Å². The van der Waals surface area contributed by atoms with Gasteiger partial charge in [-0.2, -0.15) is 0 Å². The second-order valence-corrected chi connectivity index (χ2v) is 4.11. The van der Waals surface area contributed by atoms with Gasteiger partial charge in [0.05, 0.1) is 52.9 Å². The lowest BCUT2D eigenvalue weighted by atomic mass is 10.7. The van der Waals surface area contributed by atoms with Gasteiger partial charge >= 0.3 is 8.60 Å². The Bertz CT molecular complexity index is 145. The summed E-state index contributed by atoms with van der Waals surface area (Å²) < 4.78 is 29.9. The van der Waals surface area contributed by atoms with E-state index in [9.17, 15) is 4.89 Å². The smallest absolute Gasteiger partial charge is 0.330 e. The Morgan fingerprint density at radius 2 is 1.06 bits per heavy atom. The Morgan fingerprint density at radius 3 is 1.44 bits per heavy atom. The third-order valence-electron chi connectivity index (χ3n) is 1.72. The minimum atomic E-state index is -1.85. The summed E-state index contributed by atoms with van der Waals surface area (Å²) in [6, 6.07) is 0. The minimum absolute atomic E-state index is 0.288. The van der Waals surface area contributed by atoms with Gasteiger partial charge in [0, 0.05) is 14.2 Å². The fourth-order valence-corrected chi connectivity index (χ4v) is 1.41. The standard InChI is InChI=1S/C10H23O7P/c1-12-3-5-14-7-9-16-18(11)17-10-8-15-6-4-13-2/h11H,3-10H2,1-2H3. The molecule has 0 aromatic heterocycles. The molecule has 110 valence electrons. The quantitative estimate of drug-likeness (QED) is 0.369. The molecule has 0 bridgehead atoms. The van der Waals surface area contributed by atoms with Crippen LogP contribution in [0.5, 0.6) is 0 Å². The molecule has 0 unspecified atom stereocenters. The molecule has 0 fully saturated rings. The van der Waals surface area contributed by atoms with E-state index in [1.165, 1.54) is 0 Å². The van der Waals surface area contributed by atoms with Crippen molar-refractivity contribution in [3.05, 3.63) is 0 Å². The fourth-order valence-electron chi connectivity index (χ4n) is 0.874. The lowest BCUT2D eigenvalue weighted by molar-refractivity contribution is 0.0401. The molecule has 0 amide bonds. The SMILES string of the molecule is COCCOCCOP(O)OCCOCCOC. The third kappa shape index (κ3) is 14.2. The molecule has 0 aliphatic carbocycles. The second-order valence-electron chi connectivity index (χ2n) is 3.11. The van der Waals surface area contributed by atoms with Crippen molar-refractivity contribution in [1.82, 2.24) is 0 Å². The van der Waals surface area contributed by atoms with Crippen molar-refractivity contribution in [2.24, 2.45) is 0 Å². The van der Waals surface area contributed by atoms with Gasteiger partial charge < -0.3 is 32.9 Å². The molecule has 18 heavy (non-hydrogen) atoms. The van der Waals surface area contributed by atoms with Crippen molar-refractivity contribution in [2.45, 2.75) is 0 Å². The van der Waals surface area contributed by atoms with Gasteiger partial charge in [-0.25, -0.2) is 0 Å². The Kier molecular flexibility index (Phi) is 15.3. The van der Waals surface area contributed by atoms with E-state index < -0.39 is 8.60 Å². The predicted molar refractivity (Wildman–Crippen MR) is 66.4 cm³/mol. The van der Waals surface area contributed by atoms with E-state index in [0.29, 0.717) is 39.6 Å². The largest absolute Gasteiger partial charge is 0.382 e. The number of ether oxygens (including phenoxy) is 4. The Labute approximate surface area is 109 Å². The molecule has 8 heteroatoms. The van der Waals surface area contributed by atoms with E-state index in [2.05, 4.69) is 0 Å². The van der Waals surface area contributed by atoms with Gasteiger partial charge in [-0.3, -0.25) is 0 Å². The monoisotopic (exact) mass is 286 g/mol. The summed E-state index contributed by atoms with van der Waals surface area (Å²) in [5, 5.41) is 0. The van der Waals surface area contributed by atoms with Crippen LogP contribution in [-0.4, -0.2) is 72.0 Å². The fraction of sp³-hybridized carbons (Fsp3) is 1.00. The summed E-state index contributed by atoms with van der Waals surface area (Å²) in [4.78, 5) is 9.31. The van der Waals surface area contributed by atoms with Crippen LogP contribution in [0.1, 0.15) is 0 Å². The van der Waals surface area contributed by atoms with Crippen molar-refractivity contribution >= 4 is 8.60 Å². The Hall–Kier alpha value is 0.150. The van der Waals surface area contributed by atoms with E-state index in [1.54, 1.807) is 14.2 Å². The molecule has 0 spiro atoms. The number of hydrogen-bond acceptors (Lipinski definition) is 7. The molecule has 0 saturated heterocycles. The van der Waals surface area contributed by atoms with Crippen LogP contribution in [0.4, 0.5) is 0 Å². The summed E-state index contributed by atoms with van der Waals surface area (Å²) >= 11 is 0. The molecule has 0 aromatic carbocycles. The second kappa shape index (κ2) is 15.2. The van der Waals surface area contributed by atoms with Gasteiger partial charge in [0.1, 0.15) is 0 Å². The van der Waals surface area contributed by atoms with Crippen LogP contribution in [0.15, 0.2) is 0 Å². The highest BCUT2D eigenvalue weighted by atomic mass is 31.2. The zero-order valence-corrected chi connectivity index (χ0v) is 11.9. The highest BCUT2D eigenvalue weighted by molar-refractivity contribution is 7.40. The van der Waals surface area contributed by atoms with Crippen LogP contribution < -0.4 is 0 Å². The molecule has 1 N–H and O–H groups in total. The highest BCUT2D eigenvalue weighted by Crippen LogP contribution is 2.31. The summed E-state index contributed by atoms with van der Waals surface area (Å²) in [6.07, 6.45) is 0. The molecule has 0 saturated carbocycles. The molecule has 0 heterocycles. The van der Waals surface area contributed by atoms with Crippen molar-refractivity contribution in [3.8, 4) is 0 Å². The van der Waals surface area contributed by atoms with Crippen LogP contribution in [-0.2, 0) is 28.0 Å².